The fourth-order valence-corrected chi connectivity index (χ4v) is 9.57. The minimum absolute atomic E-state index is 0.0797. The molecule has 4 aromatic carbocycles. The lowest BCUT2D eigenvalue weighted by molar-refractivity contribution is -0.120. The molecule has 4 aromatic rings. The van der Waals surface area contributed by atoms with Gasteiger partial charge in [0.2, 0.25) is 11.8 Å². The average molecular weight is 619 g/mol. The predicted molar refractivity (Wildman–Crippen MR) is 184 cm³/mol. The van der Waals surface area contributed by atoms with Gasteiger partial charge in [0.25, 0.3) is 0 Å². The summed E-state index contributed by atoms with van der Waals surface area (Å²) in [5.41, 5.74) is 4.99. The van der Waals surface area contributed by atoms with Crippen molar-refractivity contribution in [1.29, 1.82) is 0 Å². The Balaban J connectivity index is 0.000000142. The van der Waals surface area contributed by atoms with Gasteiger partial charge >= 0.3 is 0 Å². The van der Waals surface area contributed by atoms with Crippen LogP contribution in [0.2, 0.25) is 0 Å². The Morgan fingerprint density at radius 2 is 0.795 bits per heavy atom. The molecule has 0 aromatic heterocycles. The molecule has 2 atom stereocenters. The van der Waals surface area contributed by atoms with Crippen LogP contribution < -0.4 is 9.80 Å². The number of carbonyl (C=O) groups is 2. The molecule has 6 heteroatoms. The molecule has 0 unspecified atom stereocenters. The summed E-state index contributed by atoms with van der Waals surface area (Å²) in [6.07, 6.45) is 6.20. The molecule has 2 aliphatic heterocycles. The van der Waals surface area contributed by atoms with Crippen LogP contribution in [0.1, 0.15) is 60.4 Å². The summed E-state index contributed by atoms with van der Waals surface area (Å²) in [7, 11) is 0. The summed E-state index contributed by atoms with van der Waals surface area (Å²) in [6.45, 7) is 0. The molecule has 224 valence electrons. The Morgan fingerprint density at radius 3 is 1.11 bits per heavy atom. The van der Waals surface area contributed by atoms with E-state index < -0.39 is 0 Å². The van der Waals surface area contributed by atoms with E-state index in [1.54, 1.807) is 0 Å². The highest BCUT2D eigenvalue weighted by Gasteiger charge is 2.50. The largest absolute Gasteiger partial charge is 0.296 e. The average Bonchev–Trinajstić information content (AvgIpc) is 4.01. The van der Waals surface area contributed by atoms with E-state index in [0.29, 0.717) is 12.8 Å². The number of hydrogen-bond donors (Lipinski definition) is 0. The van der Waals surface area contributed by atoms with Crippen LogP contribution >= 0.6 is 23.5 Å². The Labute approximate surface area is 269 Å². The van der Waals surface area contributed by atoms with Crippen molar-refractivity contribution in [2.75, 3.05) is 21.3 Å². The molecule has 2 amide bonds. The normalized spacial score (nSPS) is 23.4. The van der Waals surface area contributed by atoms with Crippen molar-refractivity contribution >= 4 is 46.7 Å². The number of carbonyl (C=O) groups excluding carboxylic acids is 2. The number of para-hydroxylation sites is 2. The Bertz CT molecular complexity index is 1450. The number of anilines is 2. The molecule has 2 heterocycles. The number of nitrogens with zero attached hydrogens (tertiary/aromatic N) is 2. The minimum Gasteiger partial charge on any atom is -0.296 e. The lowest BCUT2D eigenvalue weighted by Gasteiger charge is -2.30. The van der Waals surface area contributed by atoms with E-state index in [1.807, 2.05) is 106 Å². The second kappa shape index (κ2) is 12.5. The number of rotatable bonds is 4. The summed E-state index contributed by atoms with van der Waals surface area (Å²) in [4.78, 5) is 29.9. The van der Waals surface area contributed by atoms with Crippen LogP contribution in [0.15, 0.2) is 121 Å². The van der Waals surface area contributed by atoms with Crippen LogP contribution in [0.3, 0.4) is 0 Å². The predicted octanol–water partition coefficient (Wildman–Crippen LogP) is 9.27. The van der Waals surface area contributed by atoms with Gasteiger partial charge in [-0.05, 0) is 71.9 Å². The summed E-state index contributed by atoms with van der Waals surface area (Å²) < 4.78 is 0. The van der Waals surface area contributed by atoms with Crippen LogP contribution in [0.4, 0.5) is 11.4 Å². The molecule has 8 rings (SSSR count). The zero-order valence-electron chi connectivity index (χ0n) is 24.9. The highest BCUT2D eigenvalue weighted by atomic mass is 32.2. The van der Waals surface area contributed by atoms with Crippen LogP contribution in [0, 0.1) is 10.8 Å². The highest BCUT2D eigenvalue weighted by Crippen LogP contribution is 2.57. The molecular formula is C38H38N2O2S2. The van der Waals surface area contributed by atoms with Gasteiger partial charge in [0.15, 0.2) is 0 Å². The molecule has 2 saturated carbocycles. The topological polar surface area (TPSA) is 40.6 Å². The summed E-state index contributed by atoms with van der Waals surface area (Å²) in [6, 6.07) is 41.0. The molecule has 2 spiro atoms. The van der Waals surface area contributed by atoms with Crippen molar-refractivity contribution < 1.29 is 9.59 Å². The Morgan fingerprint density at radius 1 is 0.477 bits per heavy atom. The fourth-order valence-electron chi connectivity index (χ4n) is 6.29. The molecule has 2 saturated heterocycles. The van der Waals surface area contributed by atoms with E-state index in [9.17, 15) is 9.59 Å². The molecule has 4 fully saturated rings. The second-order valence-corrected chi connectivity index (χ2v) is 14.8. The highest BCUT2D eigenvalue weighted by molar-refractivity contribution is 7.99. The van der Waals surface area contributed by atoms with Crippen LogP contribution in [0.25, 0.3) is 0 Å². The van der Waals surface area contributed by atoms with Crippen molar-refractivity contribution in [3.63, 3.8) is 0 Å². The van der Waals surface area contributed by atoms with Gasteiger partial charge in [0, 0.05) is 35.7 Å². The van der Waals surface area contributed by atoms with Crippen LogP contribution in [0.5, 0.6) is 0 Å². The van der Waals surface area contributed by atoms with E-state index in [2.05, 4.69) is 48.5 Å². The molecule has 4 aliphatic rings. The second-order valence-electron chi connectivity index (χ2n) is 12.7. The van der Waals surface area contributed by atoms with E-state index >= 15 is 0 Å². The third kappa shape index (κ3) is 6.33. The SMILES string of the molecule is O=C1CC2(CC2)CS[C@H](c2ccccc2)N1c1ccccc1.O=C1CC2(CC2)CS[C@H](c2ccccc2)N1c1ccccc1. The molecule has 4 nitrogen and oxygen atoms in total. The fraction of sp³-hybridized carbons (Fsp3) is 0.316. The molecular weight excluding hydrogens is 581 g/mol. The first-order valence-electron chi connectivity index (χ1n) is 15.6. The van der Waals surface area contributed by atoms with Gasteiger partial charge in [-0.25, -0.2) is 0 Å². The maximum Gasteiger partial charge on any atom is 0.228 e. The van der Waals surface area contributed by atoms with Crippen molar-refractivity contribution in [3.8, 4) is 0 Å². The minimum atomic E-state index is 0.0797. The van der Waals surface area contributed by atoms with Crippen LogP contribution in [-0.2, 0) is 9.59 Å². The summed E-state index contributed by atoms with van der Waals surface area (Å²) in [5, 5.41) is 0.159. The van der Waals surface area contributed by atoms with E-state index in [-0.39, 0.29) is 33.4 Å². The number of amides is 2. The van der Waals surface area contributed by atoms with Crippen molar-refractivity contribution in [1.82, 2.24) is 0 Å². The quantitative estimate of drug-likeness (QED) is 0.229. The van der Waals surface area contributed by atoms with Crippen molar-refractivity contribution in [2.24, 2.45) is 10.8 Å². The summed E-state index contributed by atoms with van der Waals surface area (Å²) >= 11 is 3.84. The van der Waals surface area contributed by atoms with Gasteiger partial charge in [-0.15, -0.1) is 23.5 Å². The molecule has 0 radical (unpaired) electrons. The lowest BCUT2D eigenvalue weighted by Crippen LogP contribution is -2.32. The van der Waals surface area contributed by atoms with Gasteiger partial charge in [0.1, 0.15) is 10.7 Å². The first kappa shape index (κ1) is 29.2. The van der Waals surface area contributed by atoms with Crippen molar-refractivity contribution in [3.05, 3.63) is 132 Å². The standard InChI is InChI=1S/2C19H19NOS/c2*21-17-13-19(11-12-19)14-22-18(15-7-3-1-4-8-15)20(17)16-9-5-2-6-10-16/h2*1-10,18H,11-14H2/t2*18-/m11/s1. The zero-order chi connectivity index (χ0) is 30.0. The van der Waals surface area contributed by atoms with Crippen molar-refractivity contribution in [2.45, 2.75) is 49.3 Å². The van der Waals surface area contributed by atoms with Gasteiger partial charge in [-0.2, -0.15) is 0 Å². The Kier molecular flexibility index (Phi) is 8.30. The maximum absolute atomic E-state index is 13.0. The number of thioether (sulfide) groups is 2. The molecule has 44 heavy (non-hydrogen) atoms. The Hall–Kier alpha value is -3.48. The van der Waals surface area contributed by atoms with Gasteiger partial charge in [0.05, 0.1) is 0 Å². The first-order valence-corrected chi connectivity index (χ1v) is 17.7. The first-order chi connectivity index (χ1) is 21.5. The van der Waals surface area contributed by atoms with Gasteiger partial charge in [-0.1, -0.05) is 97.1 Å². The lowest BCUT2D eigenvalue weighted by atomic mass is 10.0. The summed E-state index contributed by atoms with van der Waals surface area (Å²) in [5.74, 6) is 2.70. The third-order valence-corrected chi connectivity index (χ3v) is 12.5. The number of hydrogen-bond acceptors (Lipinski definition) is 4. The van der Waals surface area contributed by atoms with Gasteiger partial charge < -0.3 is 0 Å². The van der Waals surface area contributed by atoms with E-state index in [4.69, 9.17) is 0 Å². The number of benzene rings is 4. The van der Waals surface area contributed by atoms with Crippen LogP contribution in [-0.4, -0.2) is 23.3 Å². The van der Waals surface area contributed by atoms with E-state index in [0.717, 1.165) is 22.9 Å². The molecule has 0 N–H and O–H groups in total. The smallest absolute Gasteiger partial charge is 0.228 e. The third-order valence-electron chi connectivity index (χ3n) is 9.31. The van der Waals surface area contributed by atoms with E-state index in [1.165, 1.54) is 36.8 Å². The monoisotopic (exact) mass is 618 g/mol. The molecule has 0 bridgehead atoms. The zero-order valence-corrected chi connectivity index (χ0v) is 26.5. The molecule has 2 aliphatic carbocycles. The maximum atomic E-state index is 13.0. The van der Waals surface area contributed by atoms with Gasteiger partial charge in [-0.3, -0.25) is 19.4 Å².